The van der Waals surface area contributed by atoms with Crippen LogP contribution >= 0.6 is 0 Å². The van der Waals surface area contributed by atoms with Gasteiger partial charge in [-0.2, -0.15) is 0 Å². The minimum absolute atomic E-state index is 0.103. The van der Waals surface area contributed by atoms with Crippen LogP contribution in [0.1, 0.15) is 22.8 Å². The summed E-state index contributed by atoms with van der Waals surface area (Å²) in [5.41, 5.74) is 0.635. The van der Waals surface area contributed by atoms with Crippen LogP contribution in [0.3, 0.4) is 0 Å². The van der Waals surface area contributed by atoms with Crippen molar-refractivity contribution in [3.8, 4) is 17.6 Å². The first-order valence-corrected chi connectivity index (χ1v) is 5.19. The van der Waals surface area contributed by atoms with Gasteiger partial charge in [0.15, 0.2) is 0 Å². The molecule has 94 valence electrons. The lowest BCUT2D eigenvalue weighted by Crippen LogP contribution is -2.19. The summed E-state index contributed by atoms with van der Waals surface area (Å²) in [4.78, 5) is 21.8. The number of phenolic OH excluding ortho intramolecular Hbond substituents is 1. The summed E-state index contributed by atoms with van der Waals surface area (Å²) < 4.78 is 4.52. The number of hydrogen-bond acceptors (Lipinski definition) is 4. The zero-order chi connectivity index (χ0) is 13.5. The van der Waals surface area contributed by atoms with Gasteiger partial charge in [-0.1, -0.05) is 11.8 Å². The van der Waals surface area contributed by atoms with Gasteiger partial charge in [0.1, 0.15) is 5.75 Å². The van der Waals surface area contributed by atoms with Crippen molar-refractivity contribution in [1.82, 2.24) is 5.32 Å². The summed E-state index contributed by atoms with van der Waals surface area (Å²) in [6.07, 6.45) is 0. The van der Waals surface area contributed by atoms with Crippen LogP contribution in [-0.4, -0.2) is 30.6 Å². The van der Waals surface area contributed by atoms with E-state index in [-0.39, 0.29) is 23.8 Å². The minimum Gasteiger partial charge on any atom is -0.507 e. The van der Waals surface area contributed by atoms with Crippen molar-refractivity contribution in [3.63, 3.8) is 0 Å². The first-order valence-electron chi connectivity index (χ1n) is 5.19. The highest BCUT2D eigenvalue weighted by molar-refractivity contribution is 5.90. The zero-order valence-electron chi connectivity index (χ0n) is 10.1. The van der Waals surface area contributed by atoms with Gasteiger partial charge in [0.05, 0.1) is 24.8 Å². The van der Waals surface area contributed by atoms with Gasteiger partial charge < -0.3 is 15.2 Å². The number of methoxy groups -OCH3 is 1. The van der Waals surface area contributed by atoms with E-state index >= 15 is 0 Å². The quantitative estimate of drug-likeness (QED) is 0.595. The number of carbonyl (C=O) groups is 2. The fraction of sp³-hybridized carbons (Fsp3) is 0.231. The molecule has 1 aromatic rings. The van der Waals surface area contributed by atoms with E-state index in [9.17, 15) is 14.7 Å². The van der Waals surface area contributed by atoms with E-state index in [2.05, 4.69) is 21.9 Å². The molecule has 5 heteroatoms. The molecule has 0 aliphatic heterocycles. The van der Waals surface area contributed by atoms with Gasteiger partial charge in [-0.25, -0.2) is 4.79 Å². The Bertz CT molecular complexity index is 526. The predicted octanol–water partition coefficient (Wildman–Crippen LogP) is 0.666. The molecule has 0 aliphatic rings. The van der Waals surface area contributed by atoms with Crippen molar-refractivity contribution in [1.29, 1.82) is 0 Å². The number of nitrogens with one attached hydrogen (secondary N) is 1. The number of carbonyl (C=O) groups excluding carboxylic acids is 2. The van der Waals surface area contributed by atoms with E-state index in [1.165, 1.54) is 32.2 Å². The maximum Gasteiger partial charge on any atom is 0.337 e. The molecule has 0 spiro atoms. The van der Waals surface area contributed by atoms with Crippen molar-refractivity contribution in [3.05, 3.63) is 29.3 Å². The number of ether oxygens (including phenoxy) is 1. The first-order chi connectivity index (χ1) is 8.54. The molecule has 0 bridgehead atoms. The Morgan fingerprint density at radius 3 is 2.72 bits per heavy atom. The van der Waals surface area contributed by atoms with Crippen LogP contribution in [0.25, 0.3) is 0 Å². The standard InChI is InChI=1S/C13H13NO4/c1-9(15)14-7-3-4-10-5-6-11(8-12(10)16)13(17)18-2/h5-6,8,16H,7H2,1-2H3,(H,14,15). The molecule has 0 aliphatic carbocycles. The average molecular weight is 247 g/mol. The molecule has 1 aromatic carbocycles. The largest absolute Gasteiger partial charge is 0.507 e. The van der Waals surface area contributed by atoms with E-state index in [0.29, 0.717) is 5.56 Å². The predicted molar refractivity (Wildman–Crippen MR) is 65.0 cm³/mol. The molecule has 0 fully saturated rings. The van der Waals surface area contributed by atoms with Crippen LogP contribution in [0.5, 0.6) is 5.75 Å². The second kappa shape index (κ2) is 6.30. The van der Waals surface area contributed by atoms with Gasteiger partial charge in [0, 0.05) is 6.92 Å². The molecule has 2 N–H and O–H groups in total. The smallest absolute Gasteiger partial charge is 0.337 e. The first kappa shape index (κ1) is 13.6. The highest BCUT2D eigenvalue weighted by Gasteiger charge is 2.07. The molecule has 0 aromatic heterocycles. The number of benzene rings is 1. The number of phenols is 1. The highest BCUT2D eigenvalue weighted by atomic mass is 16.5. The molecular weight excluding hydrogens is 234 g/mol. The van der Waals surface area contributed by atoms with Crippen molar-refractivity contribution in [2.45, 2.75) is 6.92 Å². The molecule has 0 saturated carbocycles. The van der Waals surface area contributed by atoms with E-state index in [1.807, 2.05) is 0 Å². The Hall–Kier alpha value is -2.48. The summed E-state index contributed by atoms with van der Waals surface area (Å²) >= 11 is 0. The fourth-order valence-corrected chi connectivity index (χ4v) is 1.19. The normalized spacial score (nSPS) is 9.00. The fourth-order valence-electron chi connectivity index (χ4n) is 1.19. The highest BCUT2D eigenvalue weighted by Crippen LogP contribution is 2.18. The summed E-state index contributed by atoms with van der Waals surface area (Å²) in [6.45, 7) is 1.60. The van der Waals surface area contributed by atoms with Crippen LogP contribution in [0.15, 0.2) is 18.2 Å². The zero-order valence-corrected chi connectivity index (χ0v) is 10.1. The van der Waals surface area contributed by atoms with Gasteiger partial charge in [-0.15, -0.1) is 0 Å². The molecule has 5 nitrogen and oxygen atoms in total. The van der Waals surface area contributed by atoms with Gasteiger partial charge in [-0.05, 0) is 18.2 Å². The maximum atomic E-state index is 11.2. The third-order valence-electron chi connectivity index (χ3n) is 2.07. The van der Waals surface area contributed by atoms with Gasteiger partial charge >= 0.3 is 5.97 Å². The molecular formula is C13H13NO4. The summed E-state index contributed by atoms with van der Waals surface area (Å²) in [5, 5.41) is 12.2. The lowest BCUT2D eigenvalue weighted by Gasteiger charge is -2.01. The Morgan fingerprint density at radius 2 is 2.17 bits per heavy atom. The topological polar surface area (TPSA) is 75.6 Å². The number of hydrogen-bond donors (Lipinski definition) is 2. The van der Waals surface area contributed by atoms with Crippen molar-refractivity contribution in [2.24, 2.45) is 0 Å². The summed E-state index contributed by atoms with van der Waals surface area (Å²) in [5.74, 6) is 4.56. The molecule has 0 atom stereocenters. The van der Waals surface area contributed by atoms with E-state index < -0.39 is 5.97 Å². The van der Waals surface area contributed by atoms with E-state index in [0.717, 1.165) is 0 Å². The number of amides is 1. The van der Waals surface area contributed by atoms with Crippen LogP contribution < -0.4 is 5.32 Å². The summed E-state index contributed by atoms with van der Waals surface area (Å²) in [6, 6.07) is 4.31. The van der Waals surface area contributed by atoms with Crippen molar-refractivity contribution in [2.75, 3.05) is 13.7 Å². The van der Waals surface area contributed by atoms with Gasteiger partial charge in [-0.3, -0.25) is 4.79 Å². The third-order valence-corrected chi connectivity index (χ3v) is 2.07. The van der Waals surface area contributed by atoms with Gasteiger partial charge in [0.25, 0.3) is 0 Å². The maximum absolute atomic E-state index is 11.2. The average Bonchev–Trinajstić information content (AvgIpc) is 2.34. The van der Waals surface area contributed by atoms with E-state index in [1.54, 1.807) is 0 Å². The number of rotatable bonds is 2. The SMILES string of the molecule is COC(=O)c1ccc(C#CCNC(C)=O)c(O)c1. The third kappa shape index (κ3) is 3.83. The second-order valence-corrected chi connectivity index (χ2v) is 3.44. The number of aromatic hydroxyl groups is 1. The van der Waals surface area contributed by atoms with Crippen LogP contribution in [0.4, 0.5) is 0 Å². The molecule has 18 heavy (non-hydrogen) atoms. The summed E-state index contributed by atoms with van der Waals surface area (Å²) in [7, 11) is 1.26. The molecule has 0 saturated heterocycles. The Morgan fingerprint density at radius 1 is 1.44 bits per heavy atom. The van der Waals surface area contributed by atoms with Crippen LogP contribution in [0, 0.1) is 11.8 Å². The second-order valence-electron chi connectivity index (χ2n) is 3.44. The van der Waals surface area contributed by atoms with E-state index in [4.69, 9.17) is 0 Å². The molecule has 1 rings (SSSR count). The van der Waals surface area contributed by atoms with Crippen LogP contribution in [0.2, 0.25) is 0 Å². The molecule has 0 radical (unpaired) electrons. The Labute approximate surface area is 105 Å². The Kier molecular flexibility index (Phi) is 4.76. The minimum atomic E-state index is -0.525. The lowest BCUT2D eigenvalue weighted by molar-refractivity contribution is -0.118. The van der Waals surface area contributed by atoms with Crippen LogP contribution in [-0.2, 0) is 9.53 Å². The van der Waals surface area contributed by atoms with Crippen molar-refractivity contribution >= 4 is 11.9 Å². The number of esters is 1. The van der Waals surface area contributed by atoms with Crippen molar-refractivity contribution < 1.29 is 19.4 Å². The molecule has 1 amide bonds. The lowest BCUT2D eigenvalue weighted by atomic mass is 10.1. The molecule has 0 heterocycles. The monoisotopic (exact) mass is 247 g/mol. The molecule has 0 unspecified atom stereocenters. The van der Waals surface area contributed by atoms with Gasteiger partial charge in [0.2, 0.25) is 5.91 Å². The Balaban J connectivity index is 2.79.